The Morgan fingerprint density at radius 3 is 2.48 bits per heavy atom. The zero-order chi connectivity index (χ0) is 19.1. The predicted molar refractivity (Wildman–Crippen MR) is 105 cm³/mol. The van der Waals surface area contributed by atoms with Gasteiger partial charge in [0.25, 0.3) is 0 Å². The number of piperazine rings is 1. The number of aliphatic hydroxyl groups excluding tert-OH is 1. The fourth-order valence-electron chi connectivity index (χ4n) is 3.43. The first-order valence-corrected chi connectivity index (χ1v) is 9.36. The van der Waals surface area contributed by atoms with Crippen molar-refractivity contribution in [2.45, 2.75) is 6.10 Å². The van der Waals surface area contributed by atoms with E-state index < -0.39 is 6.10 Å². The lowest BCUT2D eigenvalue weighted by Crippen LogP contribution is -3.16. The van der Waals surface area contributed by atoms with Gasteiger partial charge >= 0.3 is 0 Å². The van der Waals surface area contributed by atoms with Crippen molar-refractivity contribution in [2.24, 2.45) is 0 Å². The Kier molecular flexibility index (Phi) is 6.79. The first-order valence-electron chi connectivity index (χ1n) is 9.36. The molecule has 6 nitrogen and oxygen atoms in total. The van der Waals surface area contributed by atoms with Crippen LogP contribution in [0, 0.1) is 0 Å². The highest BCUT2D eigenvalue weighted by atomic mass is 16.5. The number of ether oxygens (including phenoxy) is 3. The molecular weight excluding hydrogens is 344 g/mol. The molecule has 2 aromatic rings. The summed E-state index contributed by atoms with van der Waals surface area (Å²) in [5.41, 5.74) is 1.14. The maximum absolute atomic E-state index is 10.3. The molecule has 3 rings (SSSR count). The summed E-state index contributed by atoms with van der Waals surface area (Å²) in [5, 5.41) is 10.3. The predicted octanol–water partition coefficient (Wildman–Crippen LogP) is 0.849. The molecule has 146 valence electrons. The number of hydrogen-bond acceptors (Lipinski definition) is 5. The van der Waals surface area contributed by atoms with E-state index in [1.807, 2.05) is 42.5 Å². The summed E-state index contributed by atoms with van der Waals surface area (Å²) in [6.45, 7) is 4.82. The minimum atomic E-state index is -0.496. The van der Waals surface area contributed by atoms with Crippen molar-refractivity contribution < 1.29 is 24.2 Å². The fraction of sp³-hybridized carbons (Fsp3) is 0.429. The van der Waals surface area contributed by atoms with Crippen LogP contribution in [-0.4, -0.2) is 64.8 Å². The SMILES string of the molecule is COc1cccc(OC[C@H](O)C[NH+]2CCN(c3ccccc3OC)CC2)c1. The van der Waals surface area contributed by atoms with Crippen LogP contribution in [0.5, 0.6) is 17.2 Å². The number of rotatable bonds is 8. The lowest BCUT2D eigenvalue weighted by molar-refractivity contribution is -0.903. The van der Waals surface area contributed by atoms with Gasteiger partial charge in [-0.25, -0.2) is 0 Å². The molecular formula is C21H29N2O4+. The zero-order valence-corrected chi connectivity index (χ0v) is 16.1. The van der Waals surface area contributed by atoms with Gasteiger partial charge < -0.3 is 29.1 Å². The van der Waals surface area contributed by atoms with Crippen LogP contribution in [0.15, 0.2) is 48.5 Å². The molecule has 1 atom stereocenters. The molecule has 1 aliphatic rings. The first-order chi connectivity index (χ1) is 13.2. The summed E-state index contributed by atoms with van der Waals surface area (Å²) in [5.74, 6) is 2.37. The van der Waals surface area contributed by atoms with Crippen molar-refractivity contribution in [3.63, 3.8) is 0 Å². The number of anilines is 1. The van der Waals surface area contributed by atoms with Gasteiger partial charge in [-0.15, -0.1) is 0 Å². The highest BCUT2D eigenvalue weighted by molar-refractivity contribution is 5.58. The third-order valence-corrected chi connectivity index (χ3v) is 4.90. The topological polar surface area (TPSA) is 55.6 Å². The quantitative estimate of drug-likeness (QED) is 0.719. The van der Waals surface area contributed by atoms with E-state index >= 15 is 0 Å². The number of para-hydroxylation sites is 2. The second kappa shape index (κ2) is 9.48. The van der Waals surface area contributed by atoms with E-state index in [2.05, 4.69) is 11.0 Å². The molecule has 0 aromatic heterocycles. The Hall–Kier alpha value is -2.44. The van der Waals surface area contributed by atoms with Crippen LogP contribution >= 0.6 is 0 Å². The van der Waals surface area contributed by atoms with Crippen LogP contribution in [0.25, 0.3) is 0 Å². The van der Waals surface area contributed by atoms with Crippen LogP contribution in [0.4, 0.5) is 5.69 Å². The molecule has 1 aliphatic heterocycles. The van der Waals surface area contributed by atoms with Crippen molar-refractivity contribution in [1.82, 2.24) is 0 Å². The van der Waals surface area contributed by atoms with Crippen molar-refractivity contribution in [3.05, 3.63) is 48.5 Å². The van der Waals surface area contributed by atoms with Gasteiger partial charge in [0.1, 0.15) is 36.5 Å². The molecule has 2 N–H and O–H groups in total. The molecule has 0 saturated carbocycles. The number of methoxy groups -OCH3 is 2. The summed E-state index contributed by atoms with van der Waals surface area (Å²) in [6, 6.07) is 15.6. The number of aliphatic hydroxyl groups is 1. The van der Waals surface area contributed by atoms with Gasteiger partial charge in [0.15, 0.2) is 0 Å². The van der Waals surface area contributed by atoms with Crippen LogP contribution in [0.1, 0.15) is 0 Å². The van der Waals surface area contributed by atoms with Crippen molar-refractivity contribution in [3.8, 4) is 17.2 Å². The number of quaternary nitrogens is 1. The number of nitrogens with one attached hydrogen (secondary N) is 1. The van der Waals surface area contributed by atoms with E-state index in [-0.39, 0.29) is 6.61 Å². The average Bonchev–Trinajstić information content (AvgIpc) is 2.73. The average molecular weight is 373 g/mol. The summed E-state index contributed by atoms with van der Waals surface area (Å²) in [6.07, 6.45) is -0.496. The molecule has 0 aliphatic carbocycles. The molecule has 1 fully saturated rings. The van der Waals surface area contributed by atoms with E-state index in [4.69, 9.17) is 14.2 Å². The van der Waals surface area contributed by atoms with Gasteiger partial charge in [-0.3, -0.25) is 0 Å². The third-order valence-electron chi connectivity index (χ3n) is 4.90. The summed E-state index contributed by atoms with van der Waals surface area (Å²) in [4.78, 5) is 3.74. The van der Waals surface area contributed by atoms with E-state index in [1.165, 1.54) is 4.90 Å². The number of nitrogens with zero attached hydrogens (tertiary/aromatic N) is 1. The Bertz CT molecular complexity index is 717. The number of hydrogen-bond donors (Lipinski definition) is 2. The van der Waals surface area contributed by atoms with Crippen molar-refractivity contribution >= 4 is 5.69 Å². The summed E-state index contributed by atoms with van der Waals surface area (Å²) < 4.78 is 16.4. The van der Waals surface area contributed by atoms with Gasteiger partial charge in [-0.2, -0.15) is 0 Å². The summed E-state index contributed by atoms with van der Waals surface area (Å²) >= 11 is 0. The van der Waals surface area contributed by atoms with Crippen LogP contribution in [-0.2, 0) is 0 Å². The molecule has 6 heteroatoms. The van der Waals surface area contributed by atoms with Gasteiger partial charge in [0.2, 0.25) is 0 Å². The van der Waals surface area contributed by atoms with E-state index in [9.17, 15) is 5.11 Å². The minimum absolute atomic E-state index is 0.285. The van der Waals surface area contributed by atoms with Gasteiger partial charge in [0.05, 0.1) is 46.1 Å². The molecule has 27 heavy (non-hydrogen) atoms. The van der Waals surface area contributed by atoms with E-state index in [0.717, 1.165) is 43.4 Å². The Morgan fingerprint density at radius 2 is 1.74 bits per heavy atom. The molecule has 0 spiro atoms. The van der Waals surface area contributed by atoms with Gasteiger partial charge in [0, 0.05) is 6.07 Å². The molecule has 2 aromatic carbocycles. The molecule has 0 radical (unpaired) electrons. The maximum atomic E-state index is 10.3. The Balaban J connectivity index is 1.44. The Labute approximate surface area is 160 Å². The zero-order valence-electron chi connectivity index (χ0n) is 16.1. The maximum Gasteiger partial charge on any atom is 0.142 e. The molecule has 0 amide bonds. The number of benzene rings is 2. The lowest BCUT2D eigenvalue weighted by atomic mass is 10.2. The van der Waals surface area contributed by atoms with Crippen molar-refractivity contribution in [1.29, 1.82) is 0 Å². The monoisotopic (exact) mass is 373 g/mol. The smallest absolute Gasteiger partial charge is 0.142 e. The van der Waals surface area contributed by atoms with Crippen LogP contribution in [0.2, 0.25) is 0 Å². The normalized spacial score (nSPS) is 16.0. The molecule has 0 unspecified atom stereocenters. The molecule has 1 heterocycles. The van der Waals surface area contributed by atoms with Crippen LogP contribution < -0.4 is 24.0 Å². The van der Waals surface area contributed by atoms with Gasteiger partial charge in [-0.1, -0.05) is 18.2 Å². The van der Waals surface area contributed by atoms with E-state index in [1.54, 1.807) is 14.2 Å². The van der Waals surface area contributed by atoms with Crippen LogP contribution in [0.3, 0.4) is 0 Å². The third kappa shape index (κ3) is 5.28. The highest BCUT2D eigenvalue weighted by Gasteiger charge is 2.24. The second-order valence-electron chi connectivity index (χ2n) is 6.76. The lowest BCUT2D eigenvalue weighted by Gasteiger charge is -2.35. The molecule has 0 bridgehead atoms. The van der Waals surface area contributed by atoms with Gasteiger partial charge in [-0.05, 0) is 24.3 Å². The fourth-order valence-corrected chi connectivity index (χ4v) is 3.43. The first kappa shape index (κ1) is 19.3. The summed E-state index contributed by atoms with van der Waals surface area (Å²) in [7, 11) is 3.33. The minimum Gasteiger partial charge on any atom is -0.497 e. The van der Waals surface area contributed by atoms with Crippen molar-refractivity contribution in [2.75, 3.05) is 58.5 Å². The standard InChI is InChI=1S/C21H28N2O4/c1-25-18-6-5-7-19(14-18)27-16-17(24)15-22-10-12-23(13-11-22)20-8-3-4-9-21(20)26-2/h3-9,14,17,24H,10-13,15-16H2,1-2H3/p+1/t17-/m1/s1. The Morgan fingerprint density at radius 1 is 1.00 bits per heavy atom. The largest absolute Gasteiger partial charge is 0.497 e. The molecule has 1 saturated heterocycles. The second-order valence-corrected chi connectivity index (χ2v) is 6.76. The highest BCUT2D eigenvalue weighted by Crippen LogP contribution is 2.27. The van der Waals surface area contributed by atoms with E-state index in [0.29, 0.717) is 12.3 Å².